The standard InChI is InChI=1S/C20H19N3O4/c1-2-14-4-3-5-16(10-14)23-19(25)12-22-20(26)13-27-17-8-6-15(7-9-17)11-18(21)24/h1,3-10H,11-13H2,(H2,21,24)(H,22,26)(H,23,25). The van der Waals surface area contributed by atoms with Crippen LogP contribution in [-0.2, 0) is 20.8 Å². The van der Waals surface area contributed by atoms with Crippen LogP contribution in [0.2, 0.25) is 0 Å². The van der Waals surface area contributed by atoms with Crippen molar-refractivity contribution in [2.24, 2.45) is 5.73 Å². The molecule has 2 aromatic rings. The maximum absolute atomic E-state index is 11.9. The third kappa shape index (κ3) is 6.92. The Morgan fingerprint density at radius 3 is 2.48 bits per heavy atom. The van der Waals surface area contributed by atoms with Gasteiger partial charge in [-0.3, -0.25) is 14.4 Å². The molecular formula is C20H19N3O4. The number of terminal acetylenes is 1. The van der Waals surface area contributed by atoms with Crippen LogP contribution in [0.3, 0.4) is 0 Å². The van der Waals surface area contributed by atoms with Crippen LogP contribution in [0.4, 0.5) is 5.69 Å². The molecule has 0 spiro atoms. The number of carbonyl (C=O) groups excluding carboxylic acids is 3. The van der Waals surface area contributed by atoms with E-state index in [0.29, 0.717) is 17.0 Å². The average molecular weight is 365 g/mol. The number of nitrogens with two attached hydrogens (primary N) is 1. The van der Waals surface area contributed by atoms with Gasteiger partial charge in [-0.2, -0.15) is 0 Å². The highest BCUT2D eigenvalue weighted by Gasteiger charge is 2.07. The minimum absolute atomic E-state index is 0.139. The maximum atomic E-state index is 11.9. The van der Waals surface area contributed by atoms with Crippen molar-refractivity contribution in [2.45, 2.75) is 6.42 Å². The van der Waals surface area contributed by atoms with Gasteiger partial charge in [0.15, 0.2) is 6.61 Å². The maximum Gasteiger partial charge on any atom is 0.258 e. The Morgan fingerprint density at radius 1 is 1.07 bits per heavy atom. The molecule has 0 saturated heterocycles. The van der Waals surface area contributed by atoms with Gasteiger partial charge in [-0.25, -0.2) is 0 Å². The third-order valence-corrected chi connectivity index (χ3v) is 3.43. The summed E-state index contributed by atoms with van der Waals surface area (Å²) in [6, 6.07) is 13.5. The molecule has 27 heavy (non-hydrogen) atoms. The number of benzene rings is 2. The van der Waals surface area contributed by atoms with Crippen molar-refractivity contribution >= 4 is 23.4 Å². The number of amides is 3. The summed E-state index contributed by atoms with van der Waals surface area (Å²) >= 11 is 0. The highest BCUT2D eigenvalue weighted by molar-refractivity contribution is 5.94. The molecular weight excluding hydrogens is 346 g/mol. The molecule has 0 fully saturated rings. The molecule has 2 aromatic carbocycles. The summed E-state index contributed by atoms with van der Waals surface area (Å²) in [4.78, 5) is 34.5. The molecule has 7 nitrogen and oxygen atoms in total. The van der Waals surface area contributed by atoms with E-state index >= 15 is 0 Å². The molecule has 0 aliphatic carbocycles. The minimum Gasteiger partial charge on any atom is -0.484 e. The summed E-state index contributed by atoms with van der Waals surface area (Å²) in [5, 5.41) is 5.10. The van der Waals surface area contributed by atoms with E-state index in [2.05, 4.69) is 16.6 Å². The van der Waals surface area contributed by atoms with Crippen LogP contribution in [0.1, 0.15) is 11.1 Å². The number of primary amides is 1. The Morgan fingerprint density at radius 2 is 1.81 bits per heavy atom. The summed E-state index contributed by atoms with van der Waals surface area (Å²) < 4.78 is 5.33. The van der Waals surface area contributed by atoms with Crippen molar-refractivity contribution in [1.82, 2.24) is 5.32 Å². The van der Waals surface area contributed by atoms with E-state index in [1.54, 1.807) is 48.5 Å². The van der Waals surface area contributed by atoms with E-state index in [-0.39, 0.29) is 25.5 Å². The third-order valence-electron chi connectivity index (χ3n) is 3.43. The molecule has 138 valence electrons. The topological polar surface area (TPSA) is 111 Å². The summed E-state index contributed by atoms with van der Waals surface area (Å²) in [5.41, 5.74) is 7.07. The van der Waals surface area contributed by atoms with E-state index in [1.807, 2.05) is 0 Å². The first kappa shape index (κ1) is 19.5. The fraction of sp³-hybridized carbons (Fsp3) is 0.150. The second-order valence-electron chi connectivity index (χ2n) is 5.63. The van der Waals surface area contributed by atoms with Gasteiger partial charge in [0.2, 0.25) is 11.8 Å². The Kier molecular flexibility index (Phi) is 6.97. The number of nitrogens with one attached hydrogen (secondary N) is 2. The zero-order valence-electron chi connectivity index (χ0n) is 14.5. The molecule has 0 saturated carbocycles. The van der Waals surface area contributed by atoms with Crippen LogP contribution in [0.15, 0.2) is 48.5 Å². The van der Waals surface area contributed by atoms with E-state index in [9.17, 15) is 14.4 Å². The van der Waals surface area contributed by atoms with Gasteiger partial charge < -0.3 is 21.1 Å². The van der Waals surface area contributed by atoms with Crippen LogP contribution >= 0.6 is 0 Å². The van der Waals surface area contributed by atoms with Gasteiger partial charge in [0.25, 0.3) is 5.91 Å². The first-order valence-corrected chi connectivity index (χ1v) is 8.09. The number of carbonyl (C=O) groups is 3. The van der Waals surface area contributed by atoms with Crippen molar-refractivity contribution in [3.63, 3.8) is 0 Å². The molecule has 7 heteroatoms. The summed E-state index contributed by atoms with van der Waals surface area (Å²) in [6.45, 7) is -0.435. The van der Waals surface area contributed by atoms with Gasteiger partial charge in [-0.05, 0) is 35.9 Å². The lowest BCUT2D eigenvalue weighted by Gasteiger charge is -2.09. The number of anilines is 1. The SMILES string of the molecule is C#Cc1cccc(NC(=O)CNC(=O)COc2ccc(CC(N)=O)cc2)c1. The molecule has 2 rings (SSSR count). The van der Waals surface area contributed by atoms with Gasteiger partial charge >= 0.3 is 0 Å². The Balaban J connectivity index is 1.73. The smallest absolute Gasteiger partial charge is 0.258 e. The largest absolute Gasteiger partial charge is 0.484 e. The predicted molar refractivity (Wildman–Crippen MR) is 101 cm³/mol. The normalized spacial score (nSPS) is 9.74. The quantitative estimate of drug-likeness (QED) is 0.602. The van der Waals surface area contributed by atoms with E-state index in [0.717, 1.165) is 5.56 Å². The second-order valence-corrected chi connectivity index (χ2v) is 5.63. The van der Waals surface area contributed by atoms with Gasteiger partial charge in [-0.15, -0.1) is 6.42 Å². The van der Waals surface area contributed by atoms with Gasteiger partial charge in [0.05, 0.1) is 13.0 Å². The summed E-state index contributed by atoms with van der Waals surface area (Å²) in [5.74, 6) is 1.70. The molecule has 0 heterocycles. The number of hydrogen-bond donors (Lipinski definition) is 3. The fourth-order valence-corrected chi connectivity index (χ4v) is 2.18. The van der Waals surface area contributed by atoms with E-state index in [1.165, 1.54) is 0 Å². The highest BCUT2D eigenvalue weighted by atomic mass is 16.5. The van der Waals surface area contributed by atoms with Crippen molar-refractivity contribution in [3.8, 4) is 18.1 Å². The molecule has 0 aromatic heterocycles. The van der Waals surface area contributed by atoms with Crippen LogP contribution in [0, 0.1) is 12.3 Å². The minimum atomic E-state index is -0.441. The van der Waals surface area contributed by atoms with Gasteiger partial charge in [-0.1, -0.05) is 24.1 Å². The average Bonchev–Trinajstić information content (AvgIpc) is 2.65. The highest BCUT2D eigenvalue weighted by Crippen LogP contribution is 2.12. The Hall–Kier alpha value is -3.79. The van der Waals surface area contributed by atoms with Crippen LogP contribution in [0.5, 0.6) is 5.75 Å². The fourth-order valence-electron chi connectivity index (χ4n) is 2.18. The van der Waals surface area contributed by atoms with Crippen molar-refractivity contribution in [1.29, 1.82) is 0 Å². The predicted octanol–water partition coefficient (Wildman–Crippen LogP) is 0.829. The molecule has 3 amide bonds. The first-order chi connectivity index (χ1) is 13.0. The molecule has 0 bridgehead atoms. The lowest BCUT2D eigenvalue weighted by molar-refractivity contribution is -0.125. The lowest BCUT2D eigenvalue weighted by atomic mass is 10.1. The van der Waals surface area contributed by atoms with Gasteiger partial charge in [0.1, 0.15) is 5.75 Å². The monoisotopic (exact) mass is 365 g/mol. The molecule has 0 radical (unpaired) electrons. The Labute approximate surface area is 156 Å². The zero-order valence-corrected chi connectivity index (χ0v) is 14.5. The number of hydrogen-bond acceptors (Lipinski definition) is 4. The van der Waals surface area contributed by atoms with E-state index < -0.39 is 11.8 Å². The number of rotatable bonds is 8. The molecule has 0 aliphatic heterocycles. The van der Waals surface area contributed by atoms with Crippen LogP contribution < -0.4 is 21.1 Å². The molecule has 0 unspecified atom stereocenters. The second kappa shape index (κ2) is 9.63. The first-order valence-electron chi connectivity index (χ1n) is 8.09. The Bertz CT molecular complexity index is 870. The molecule has 0 aliphatic rings. The zero-order chi connectivity index (χ0) is 19.6. The summed E-state index contributed by atoms with van der Waals surface area (Å²) in [7, 11) is 0. The van der Waals surface area contributed by atoms with Crippen LogP contribution in [-0.4, -0.2) is 30.9 Å². The summed E-state index contributed by atoms with van der Waals surface area (Å²) in [6.07, 6.45) is 5.44. The molecule has 4 N–H and O–H groups in total. The van der Waals surface area contributed by atoms with Crippen LogP contribution in [0.25, 0.3) is 0 Å². The van der Waals surface area contributed by atoms with Crippen molar-refractivity contribution in [2.75, 3.05) is 18.5 Å². The van der Waals surface area contributed by atoms with Crippen molar-refractivity contribution in [3.05, 3.63) is 59.7 Å². The molecule has 0 atom stereocenters. The van der Waals surface area contributed by atoms with Crippen molar-refractivity contribution < 1.29 is 19.1 Å². The van der Waals surface area contributed by atoms with Gasteiger partial charge in [0, 0.05) is 11.3 Å². The lowest BCUT2D eigenvalue weighted by Crippen LogP contribution is -2.35. The van der Waals surface area contributed by atoms with E-state index in [4.69, 9.17) is 16.9 Å². The number of ether oxygens (including phenoxy) is 1.